The molecule has 0 aliphatic carbocycles. The Morgan fingerprint density at radius 1 is 0.947 bits per heavy atom. The number of aromatic amines is 1. The number of carbonyl (C=O) groups is 6. The molecule has 2 fully saturated rings. The van der Waals surface area contributed by atoms with Gasteiger partial charge in [-0.05, 0) is 81.5 Å². The zero-order valence-corrected chi connectivity index (χ0v) is 32.0. The Labute approximate surface area is 329 Å². The number of anilines is 2. The second-order valence-corrected chi connectivity index (χ2v) is 14.9. The number of benzene rings is 2. The number of hydrogen-bond acceptors (Lipinski definition) is 9. The number of piperidine rings is 1. The number of rotatable bonds is 13. The second kappa shape index (κ2) is 16.7. The van der Waals surface area contributed by atoms with Gasteiger partial charge in [-0.2, -0.15) is 0 Å². The van der Waals surface area contributed by atoms with Crippen LogP contribution in [-0.2, 0) is 14.4 Å². The van der Waals surface area contributed by atoms with Gasteiger partial charge in [-0.3, -0.25) is 38.6 Å². The molecule has 0 bridgehead atoms. The molecule has 0 radical (unpaired) electrons. The molecule has 2 aromatic carbocycles. The molecule has 4 aliphatic rings. The Bertz CT molecular complexity index is 2160. The highest BCUT2D eigenvalue weighted by atomic mass is 19.1. The molecule has 0 spiro atoms. The fraction of sp³-hybridized carbons (Fsp3) is 0.415. The molecule has 6 N–H and O–H groups in total. The van der Waals surface area contributed by atoms with Crippen molar-refractivity contribution < 1.29 is 38.3 Å². The molecular formula is C41H47FN8O7. The molecule has 2 unspecified atom stereocenters. The minimum Gasteiger partial charge on any atom is -0.384 e. The van der Waals surface area contributed by atoms with Crippen LogP contribution in [0.15, 0.2) is 36.4 Å². The lowest BCUT2D eigenvalue weighted by Gasteiger charge is -2.34. The first-order valence-corrected chi connectivity index (χ1v) is 19.4. The predicted octanol–water partition coefficient (Wildman–Crippen LogP) is 3.00. The van der Waals surface area contributed by atoms with Gasteiger partial charge >= 0.3 is 0 Å². The SMILES string of the molecule is Cc1[nH]c(/C=C2\C(=O)Nc3ccc(F)cc32)c(C)c1C(=O)NCCN1CCN(C(=O)CCCCCNc2cccc3c2C(=O)N(C2CCC(O)NC2=O)C3=O)CC1. The summed E-state index contributed by atoms with van der Waals surface area (Å²) < 4.78 is 13.9. The van der Waals surface area contributed by atoms with Crippen LogP contribution in [0.3, 0.4) is 0 Å². The predicted molar refractivity (Wildman–Crippen MR) is 210 cm³/mol. The highest BCUT2D eigenvalue weighted by molar-refractivity contribution is 6.35. The first kappa shape index (κ1) is 39.4. The third-order valence-corrected chi connectivity index (χ3v) is 11.2. The van der Waals surface area contributed by atoms with E-state index >= 15 is 0 Å². The number of piperazine rings is 1. The van der Waals surface area contributed by atoms with Crippen molar-refractivity contribution in [2.45, 2.75) is 64.6 Å². The van der Waals surface area contributed by atoms with Crippen LogP contribution in [-0.4, -0.2) is 118 Å². The number of amides is 6. The van der Waals surface area contributed by atoms with E-state index in [9.17, 15) is 38.3 Å². The van der Waals surface area contributed by atoms with Crippen LogP contribution < -0.4 is 21.3 Å². The van der Waals surface area contributed by atoms with Gasteiger partial charge in [0.25, 0.3) is 23.6 Å². The normalized spacial score (nSPS) is 20.1. The van der Waals surface area contributed by atoms with Gasteiger partial charge in [0.15, 0.2) is 0 Å². The van der Waals surface area contributed by atoms with Gasteiger partial charge in [-0.15, -0.1) is 0 Å². The Morgan fingerprint density at radius 3 is 2.51 bits per heavy atom. The summed E-state index contributed by atoms with van der Waals surface area (Å²) in [5.74, 6) is -2.50. The summed E-state index contributed by atoms with van der Waals surface area (Å²) in [6.45, 7) is 7.80. The average Bonchev–Trinajstić information content (AvgIpc) is 3.75. The molecule has 16 heteroatoms. The van der Waals surface area contributed by atoms with Crippen LogP contribution in [0.25, 0.3) is 11.6 Å². The van der Waals surface area contributed by atoms with Crippen molar-refractivity contribution in [1.29, 1.82) is 0 Å². The van der Waals surface area contributed by atoms with E-state index in [4.69, 9.17) is 0 Å². The summed E-state index contributed by atoms with van der Waals surface area (Å²) in [7, 11) is 0. The molecule has 57 heavy (non-hydrogen) atoms. The van der Waals surface area contributed by atoms with Crippen molar-refractivity contribution in [2.24, 2.45) is 0 Å². The fourth-order valence-electron chi connectivity index (χ4n) is 8.06. The third kappa shape index (κ3) is 8.18. The van der Waals surface area contributed by atoms with Crippen LogP contribution in [0.5, 0.6) is 0 Å². The van der Waals surface area contributed by atoms with Crippen LogP contribution in [0.2, 0.25) is 0 Å². The van der Waals surface area contributed by atoms with E-state index in [2.05, 4.69) is 31.2 Å². The first-order valence-electron chi connectivity index (χ1n) is 19.4. The standard InChI is InChI=1S/C41H47FN8O7/c1-23-31(22-28-27-21-25(42)10-11-29(27)46-37(28)53)45-24(2)35(23)39(55)44-15-16-48-17-19-49(20-18-48)34(52)9-4-3-5-14-43-30-8-6-7-26-36(30)41(57)50(40(26)56)32-12-13-33(51)47-38(32)54/h6-8,10-11,21-22,32-33,43,45,51H,3-5,9,12-20H2,1-2H3,(H,44,55)(H,46,53)(H,47,54)/b28-22-. The van der Waals surface area contributed by atoms with Gasteiger partial charge in [-0.25, -0.2) is 4.39 Å². The highest BCUT2D eigenvalue weighted by Crippen LogP contribution is 2.35. The van der Waals surface area contributed by atoms with Gasteiger partial charge in [-0.1, -0.05) is 12.5 Å². The molecule has 15 nitrogen and oxygen atoms in total. The number of fused-ring (bicyclic) bond motifs is 2. The number of aliphatic hydroxyl groups excluding tert-OH is 1. The number of aromatic nitrogens is 1. The van der Waals surface area contributed by atoms with Crippen LogP contribution in [0.4, 0.5) is 15.8 Å². The average molecular weight is 783 g/mol. The molecule has 7 rings (SSSR count). The number of aliphatic hydroxyl groups is 1. The Balaban J connectivity index is 0.802. The number of H-pyrrole nitrogens is 1. The van der Waals surface area contributed by atoms with E-state index in [1.54, 1.807) is 31.2 Å². The molecule has 0 saturated carbocycles. The Kier molecular flexibility index (Phi) is 11.5. The quantitative estimate of drug-likeness (QED) is 0.0859. The number of unbranched alkanes of at least 4 members (excludes halogenated alkanes) is 2. The molecule has 2 atom stereocenters. The van der Waals surface area contributed by atoms with Crippen molar-refractivity contribution in [3.8, 4) is 0 Å². The molecule has 2 saturated heterocycles. The molecule has 3 aromatic rings. The summed E-state index contributed by atoms with van der Waals surface area (Å²) >= 11 is 0. The number of hydrogen-bond donors (Lipinski definition) is 6. The molecule has 4 aliphatic heterocycles. The lowest BCUT2D eigenvalue weighted by molar-refractivity contribution is -0.133. The van der Waals surface area contributed by atoms with Gasteiger partial charge in [0.1, 0.15) is 18.1 Å². The molecular weight excluding hydrogens is 735 g/mol. The zero-order chi connectivity index (χ0) is 40.4. The van der Waals surface area contributed by atoms with Gasteiger partial charge in [0.2, 0.25) is 11.8 Å². The van der Waals surface area contributed by atoms with Crippen molar-refractivity contribution in [3.63, 3.8) is 0 Å². The number of carbonyl (C=O) groups excluding carboxylic acids is 6. The van der Waals surface area contributed by atoms with E-state index in [0.29, 0.717) is 104 Å². The Morgan fingerprint density at radius 2 is 1.74 bits per heavy atom. The maximum Gasteiger partial charge on any atom is 0.264 e. The van der Waals surface area contributed by atoms with Crippen LogP contribution in [0.1, 0.15) is 92.1 Å². The minimum absolute atomic E-state index is 0.105. The number of aryl methyl sites for hydroxylation is 1. The van der Waals surface area contributed by atoms with Crippen molar-refractivity contribution in [1.82, 2.24) is 30.3 Å². The van der Waals surface area contributed by atoms with Crippen molar-refractivity contribution >= 4 is 58.5 Å². The molecule has 6 amide bonds. The van der Waals surface area contributed by atoms with Crippen LogP contribution >= 0.6 is 0 Å². The smallest absolute Gasteiger partial charge is 0.264 e. The van der Waals surface area contributed by atoms with Crippen molar-refractivity contribution in [3.05, 3.63) is 81.4 Å². The summed E-state index contributed by atoms with van der Waals surface area (Å²) in [4.78, 5) is 85.9. The maximum atomic E-state index is 13.9. The van der Waals surface area contributed by atoms with Gasteiger partial charge < -0.3 is 36.3 Å². The Hall–Kier alpha value is -5.87. The van der Waals surface area contributed by atoms with Gasteiger partial charge in [0.05, 0.1) is 22.3 Å². The summed E-state index contributed by atoms with van der Waals surface area (Å²) in [5, 5.41) is 21.1. The number of imide groups is 1. The summed E-state index contributed by atoms with van der Waals surface area (Å²) in [6.07, 6.45) is 3.78. The molecule has 5 heterocycles. The van der Waals surface area contributed by atoms with E-state index in [1.165, 1.54) is 18.2 Å². The largest absolute Gasteiger partial charge is 0.384 e. The summed E-state index contributed by atoms with van der Waals surface area (Å²) in [5.41, 5.74) is 4.81. The minimum atomic E-state index is -0.988. The van der Waals surface area contributed by atoms with Crippen LogP contribution in [0, 0.1) is 19.7 Å². The number of nitrogens with zero attached hydrogens (tertiary/aromatic N) is 3. The topological polar surface area (TPSA) is 196 Å². The molecule has 300 valence electrons. The first-order chi connectivity index (χ1) is 27.4. The maximum absolute atomic E-state index is 13.9. The van der Waals surface area contributed by atoms with E-state index < -0.39 is 35.8 Å². The lowest BCUT2D eigenvalue weighted by atomic mass is 10.0. The van der Waals surface area contributed by atoms with Crippen molar-refractivity contribution in [2.75, 3.05) is 56.4 Å². The third-order valence-electron chi connectivity index (χ3n) is 11.2. The monoisotopic (exact) mass is 782 g/mol. The highest BCUT2D eigenvalue weighted by Gasteiger charge is 2.45. The van der Waals surface area contributed by atoms with Gasteiger partial charge in [0, 0.05) is 80.6 Å². The zero-order valence-electron chi connectivity index (χ0n) is 32.0. The fourth-order valence-corrected chi connectivity index (χ4v) is 8.06. The lowest BCUT2D eigenvalue weighted by Crippen LogP contribution is -2.55. The molecule has 1 aromatic heterocycles. The number of halogens is 1. The summed E-state index contributed by atoms with van der Waals surface area (Å²) in [6, 6.07) is 8.18. The van der Waals surface area contributed by atoms with E-state index in [0.717, 1.165) is 17.7 Å². The van der Waals surface area contributed by atoms with E-state index in [-0.39, 0.29) is 41.7 Å². The number of nitrogens with one attached hydrogen (secondary N) is 5. The second-order valence-electron chi connectivity index (χ2n) is 14.9. The van der Waals surface area contributed by atoms with E-state index in [1.807, 2.05) is 11.8 Å².